The highest BCUT2D eigenvalue weighted by atomic mass is 127. The lowest BCUT2D eigenvalue weighted by molar-refractivity contribution is 0.127. The highest BCUT2D eigenvalue weighted by Gasteiger charge is 2.23. The lowest BCUT2D eigenvalue weighted by Gasteiger charge is -2.13. The van der Waals surface area contributed by atoms with Crippen LogP contribution in [-0.4, -0.2) is 26.9 Å². The van der Waals surface area contributed by atoms with E-state index in [2.05, 4.69) is 4.72 Å². The number of hydrogen-bond acceptors (Lipinski definition) is 3. The van der Waals surface area contributed by atoms with Gasteiger partial charge in [0.05, 0.1) is 17.5 Å². The zero-order valence-electron chi connectivity index (χ0n) is 9.53. The van der Waals surface area contributed by atoms with Crippen LogP contribution in [0.5, 0.6) is 0 Å². The zero-order chi connectivity index (χ0) is 13.2. The maximum atomic E-state index is 12.9. The van der Waals surface area contributed by atoms with Crippen molar-refractivity contribution in [2.24, 2.45) is 0 Å². The summed E-state index contributed by atoms with van der Waals surface area (Å²) in [7, 11) is -3.46. The van der Waals surface area contributed by atoms with Gasteiger partial charge in [0.1, 0.15) is 5.82 Å². The molecule has 1 heterocycles. The minimum absolute atomic E-state index is 0.0551. The van der Waals surface area contributed by atoms with Crippen LogP contribution < -0.4 is 4.72 Å². The lowest BCUT2D eigenvalue weighted by atomic mass is 10.3. The molecule has 0 aliphatic carbocycles. The zero-order valence-corrected chi connectivity index (χ0v) is 12.5. The molecular formula is C11H13FINO3S. The fourth-order valence-electron chi connectivity index (χ4n) is 1.80. The van der Waals surface area contributed by atoms with Crippen molar-refractivity contribution in [1.82, 2.24) is 0 Å². The van der Waals surface area contributed by atoms with E-state index in [9.17, 15) is 12.8 Å². The summed E-state index contributed by atoms with van der Waals surface area (Å²) in [5.41, 5.74) is 0.398. The van der Waals surface area contributed by atoms with Gasteiger partial charge in [-0.15, -0.1) is 0 Å². The third-order valence-electron chi connectivity index (χ3n) is 2.63. The van der Waals surface area contributed by atoms with Gasteiger partial charge in [-0.1, -0.05) is 0 Å². The lowest BCUT2D eigenvalue weighted by Crippen LogP contribution is -2.26. The van der Waals surface area contributed by atoms with E-state index in [0.29, 0.717) is 15.9 Å². The minimum Gasteiger partial charge on any atom is -0.377 e. The Morgan fingerprint density at radius 3 is 2.89 bits per heavy atom. The number of sulfonamides is 1. The molecule has 2 rings (SSSR count). The first-order valence-corrected chi connectivity index (χ1v) is 8.26. The van der Waals surface area contributed by atoms with E-state index in [1.54, 1.807) is 0 Å². The van der Waals surface area contributed by atoms with E-state index in [0.717, 1.165) is 12.8 Å². The molecule has 0 amide bonds. The Morgan fingerprint density at radius 1 is 1.50 bits per heavy atom. The van der Waals surface area contributed by atoms with E-state index in [1.807, 2.05) is 22.6 Å². The molecule has 0 saturated carbocycles. The molecule has 18 heavy (non-hydrogen) atoms. The number of rotatable bonds is 4. The summed E-state index contributed by atoms with van der Waals surface area (Å²) in [4.78, 5) is 0. The highest BCUT2D eigenvalue weighted by molar-refractivity contribution is 14.1. The Bertz CT molecular complexity index is 529. The maximum absolute atomic E-state index is 12.9. The van der Waals surface area contributed by atoms with E-state index in [1.165, 1.54) is 18.2 Å². The van der Waals surface area contributed by atoms with Crippen LogP contribution in [0.3, 0.4) is 0 Å². The summed E-state index contributed by atoms with van der Waals surface area (Å²) in [6, 6.07) is 3.93. The van der Waals surface area contributed by atoms with Gasteiger partial charge >= 0.3 is 0 Å². The quantitative estimate of drug-likeness (QED) is 0.810. The van der Waals surface area contributed by atoms with E-state index < -0.39 is 10.0 Å². The van der Waals surface area contributed by atoms with Crippen molar-refractivity contribution in [3.8, 4) is 0 Å². The number of hydrogen-bond donors (Lipinski definition) is 1. The molecule has 1 aromatic rings. The molecule has 1 N–H and O–H groups in total. The van der Waals surface area contributed by atoms with Gasteiger partial charge in [-0.3, -0.25) is 4.72 Å². The monoisotopic (exact) mass is 385 g/mol. The third-order valence-corrected chi connectivity index (χ3v) is 4.86. The molecule has 4 nitrogen and oxygen atoms in total. The van der Waals surface area contributed by atoms with E-state index >= 15 is 0 Å². The van der Waals surface area contributed by atoms with Crippen LogP contribution in [-0.2, 0) is 14.8 Å². The highest BCUT2D eigenvalue weighted by Crippen LogP contribution is 2.21. The molecular weight excluding hydrogens is 372 g/mol. The van der Waals surface area contributed by atoms with Crippen molar-refractivity contribution in [1.29, 1.82) is 0 Å². The van der Waals surface area contributed by atoms with Gasteiger partial charge in [-0.2, -0.15) is 0 Å². The molecule has 1 unspecified atom stereocenters. The Hall–Kier alpha value is -0.410. The van der Waals surface area contributed by atoms with Crippen LogP contribution in [0.1, 0.15) is 12.8 Å². The number of ether oxygens (including phenoxy) is 1. The maximum Gasteiger partial charge on any atom is 0.235 e. The summed E-state index contributed by atoms with van der Waals surface area (Å²) < 4.78 is 45.0. The molecule has 0 spiro atoms. The Morgan fingerprint density at radius 2 is 2.28 bits per heavy atom. The third kappa shape index (κ3) is 3.79. The van der Waals surface area contributed by atoms with Crippen LogP contribution in [0.2, 0.25) is 0 Å². The Kier molecular flexibility index (Phi) is 4.44. The summed E-state index contributed by atoms with van der Waals surface area (Å²) >= 11 is 1.89. The SMILES string of the molecule is O=S(=O)(CC1CCCO1)Nc1ccc(F)cc1I. The number of benzene rings is 1. The number of anilines is 1. The topological polar surface area (TPSA) is 55.4 Å². The van der Waals surface area contributed by atoms with Gasteiger partial charge in [0.25, 0.3) is 0 Å². The van der Waals surface area contributed by atoms with Gasteiger partial charge in [0.2, 0.25) is 10.0 Å². The normalized spacial score (nSPS) is 20.0. The standard InChI is InChI=1S/C11H13FINO3S/c12-8-3-4-11(10(13)6-8)14-18(15,16)7-9-2-1-5-17-9/h3-4,6,9,14H,1-2,5,7H2. The molecule has 1 aromatic carbocycles. The number of halogens is 2. The second kappa shape index (κ2) is 5.70. The van der Waals surface area contributed by atoms with E-state index in [-0.39, 0.29) is 17.7 Å². The van der Waals surface area contributed by atoms with Crippen LogP contribution in [0.4, 0.5) is 10.1 Å². The average Bonchev–Trinajstić information content (AvgIpc) is 2.74. The largest absolute Gasteiger partial charge is 0.377 e. The summed E-state index contributed by atoms with van der Waals surface area (Å²) in [6.45, 7) is 0.619. The van der Waals surface area contributed by atoms with Crippen molar-refractivity contribution in [3.05, 3.63) is 27.6 Å². The molecule has 0 radical (unpaired) electrons. The predicted molar refractivity (Wildman–Crippen MR) is 75.5 cm³/mol. The second-order valence-electron chi connectivity index (χ2n) is 4.14. The molecule has 1 atom stereocenters. The van der Waals surface area contributed by atoms with Gasteiger partial charge in [0, 0.05) is 10.2 Å². The van der Waals surface area contributed by atoms with Crippen LogP contribution in [0.15, 0.2) is 18.2 Å². The molecule has 0 bridgehead atoms. The van der Waals surface area contributed by atoms with Crippen LogP contribution in [0.25, 0.3) is 0 Å². The fraction of sp³-hybridized carbons (Fsp3) is 0.455. The van der Waals surface area contributed by atoms with Gasteiger partial charge in [0.15, 0.2) is 0 Å². The molecule has 1 saturated heterocycles. The Labute approximate surface area is 119 Å². The van der Waals surface area contributed by atoms with Crippen molar-refractivity contribution < 1.29 is 17.5 Å². The van der Waals surface area contributed by atoms with Gasteiger partial charge < -0.3 is 4.74 Å². The Balaban J connectivity index is 2.07. The second-order valence-corrected chi connectivity index (χ2v) is 7.07. The van der Waals surface area contributed by atoms with Crippen LogP contribution >= 0.6 is 22.6 Å². The molecule has 1 aliphatic heterocycles. The fourth-order valence-corrected chi connectivity index (χ4v) is 3.95. The van der Waals surface area contributed by atoms with E-state index in [4.69, 9.17) is 4.74 Å². The van der Waals surface area contributed by atoms with Gasteiger partial charge in [-0.25, -0.2) is 12.8 Å². The first-order chi connectivity index (χ1) is 8.46. The summed E-state index contributed by atoms with van der Waals surface area (Å²) in [5, 5.41) is 0. The average molecular weight is 385 g/mol. The summed E-state index contributed by atoms with van der Waals surface area (Å²) in [6.07, 6.45) is 1.43. The summed E-state index contributed by atoms with van der Waals surface area (Å²) in [5.74, 6) is -0.443. The van der Waals surface area contributed by atoms with Crippen LogP contribution in [0, 0.1) is 9.39 Å². The van der Waals surface area contributed by atoms with Gasteiger partial charge in [-0.05, 0) is 53.6 Å². The smallest absolute Gasteiger partial charge is 0.235 e. The van der Waals surface area contributed by atoms with Crippen molar-refractivity contribution >= 4 is 38.3 Å². The van der Waals surface area contributed by atoms with Crippen molar-refractivity contribution in [3.63, 3.8) is 0 Å². The molecule has 1 fully saturated rings. The number of nitrogens with one attached hydrogen (secondary N) is 1. The predicted octanol–water partition coefficient (Wildman–Crippen LogP) is 2.35. The molecule has 1 aliphatic rings. The minimum atomic E-state index is -3.46. The molecule has 7 heteroatoms. The van der Waals surface area contributed by atoms with Crippen molar-refractivity contribution in [2.45, 2.75) is 18.9 Å². The first kappa shape index (κ1) is 14.0. The molecule has 100 valence electrons. The van der Waals surface area contributed by atoms with Crippen molar-refractivity contribution in [2.75, 3.05) is 17.1 Å². The first-order valence-electron chi connectivity index (χ1n) is 5.53. The molecule has 0 aromatic heterocycles.